The molecule has 15 heavy (non-hydrogen) atoms. The number of primary amides is 1. The van der Waals surface area contributed by atoms with E-state index < -0.39 is 0 Å². The number of hydrogen-bond donors (Lipinski definition) is 2. The highest BCUT2D eigenvalue weighted by atomic mass is 16.1. The van der Waals surface area contributed by atoms with E-state index in [1.54, 1.807) is 0 Å². The van der Waals surface area contributed by atoms with Gasteiger partial charge in [-0.2, -0.15) is 0 Å². The maximum atomic E-state index is 11.3. The van der Waals surface area contributed by atoms with Crippen molar-refractivity contribution in [2.45, 2.75) is 18.8 Å². The van der Waals surface area contributed by atoms with Crippen molar-refractivity contribution in [2.24, 2.45) is 5.73 Å². The second-order valence-corrected chi connectivity index (χ2v) is 4.08. The molecule has 0 fully saturated rings. The third kappa shape index (κ3) is 1.09. The fourth-order valence-electron chi connectivity index (χ4n) is 2.52. The smallest absolute Gasteiger partial charge is 0.225 e. The Morgan fingerprint density at radius 1 is 1.47 bits per heavy atom. The minimum Gasteiger partial charge on any atom is -0.369 e. The summed E-state index contributed by atoms with van der Waals surface area (Å²) in [4.78, 5) is 14.5. The van der Waals surface area contributed by atoms with Crippen LogP contribution in [0.1, 0.15) is 23.5 Å². The maximum absolute atomic E-state index is 11.3. The van der Waals surface area contributed by atoms with Crippen molar-refractivity contribution in [1.29, 1.82) is 0 Å². The van der Waals surface area contributed by atoms with Gasteiger partial charge in [-0.25, -0.2) is 0 Å². The fourth-order valence-corrected chi connectivity index (χ4v) is 2.52. The number of rotatable bonds is 1. The molecule has 3 rings (SSSR count). The Kier molecular flexibility index (Phi) is 1.63. The summed E-state index contributed by atoms with van der Waals surface area (Å²) in [6.45, 7) is 0. The van der Waals surface area contributed by atoms with E-state index in [9.17, 15) is 4.79 Å². The summed E-state index contributed by atoms with van der Waals surface area (Å²) in [5, 5.41) is 1.20. The number of aromatic amines is 1. The van der Waals surface area contributed by atoms with E-state index in [2.05, 4.69) is 11.1 Å². The minimum absolute atomic E-state index is 0.117. The zero-order valence-corrected chi connectivity index (χ0v) is 8.29. The molecule has 0 bridgehead atoms. The van der Waals surface area contributed by atoms with E-state index in [4.69, 9.17) is 5.73 Å². The van der Waals surface area contributed by atoms with Crippen LogP contribution in [-0.2, 0) is 11.2 Å². The zero-order chi connectivity index (χ0) is 10.4. The number of carbonyl (C=O) groups excluding carboxylic acids is 1. The highest BCUT2D eigenvalue weighted by Gasteiger charge is 2.26. The molecule has 0 spiro atoms. The van der Waals surface area contributed by atoms with Gasteiger partial charge in [0.2, 0.25) is 5.91 Å². The Morgan fingerprint density at radius 2 is 2.33 bits per heavy atom. The van der Waals surface area contributed by atoms with Crippen LogP contribution < -0.4 is 5.73 Å². The van der Waals surface area contributed by atoms with Crippen LogP contribution in [0, 0.1) is 0 Å². The van der Waals surface area contributed by atoms with Gasteiger partial charge in [-0.1, -0.05) is 12.1 Å². The topological polar surface area (TPSA) is 58.9 Å². The van der Waals surface area contributed by atoms with E-state index in [1.165, 1.54) is 10.9 Å². The molecule has 0 aliphatic heterocycles. The molecular formula is C12H12N2O. The van der Waals surface area contributed by atoms with Crippen LogP contribution in [0.25, 0.3) is 10.9 Å². The largest absolute Gasteiger partial charge is 0.369 e. The molecule has 3 N–H and O–H groups in total. The lowest BCUT2D eigenvalue weighted by Gasteiger charge is -2.19. The molecule has 3 heteroatoms. The fraction of sp³-hybridized carbons (Fsp3) is 0.250. The number of hydrogen-bond acceptors (Lipinski definition) is 1. The maximum Gasteiger partial charge on any atom is 0.225 e. The van der Waals surface area contributed by atoms with Crippen LogP contribution in [-0.4, -0.2) is 10.9 Å². The van der Waals surface area contributed by atoms with E-state index in [1.807, 2.05) is 18.3 Å². The third-order valence-electron chi connectivity index (χ3n) is 3.24. The quantitative estimate of drug-likeness (QED) is 0.723. The summed E-state index contributed by atoms with van der Waals surface area (Å²) < 4.78 is 0. The van der Waals surface area contributed by atoms with Gasteiger partial charge >= 0.3 is 0 Å². The van der Waals surface area contributed by atoms with Gasteiger partial charge in [0.15, 0.2) is 0 Å². The summed E-state index contributed by atoms with van der Waals surface area (Å²) in [5.74, 6) is -0.334. The highest BCUT2D eigenvalue weighted by Crippen LogP contribution is 2.36. The van der Waals surface area contributed by atoms with E-state index >= 15 is 0 Å². The summed E-state index contributed by atoms with van der Waals surface area (Å²) >= 11 is 0. The molecule has 1 atom stereocenters. The normalized spacial score (nSPS) is 19.3. The predicted octanol–water partition coefficient (Wildman–Crippen LogP) is 1.68. The summed E-state index contributed by atoms with van der Waals surface area (Å²) in [5.41, 5.74) is 8.90. The van der Waals surface area contributed by atoms with Crippen LogP contribution in [0.15, 0.2) is 24.4 Å². The van der Waals surface area contributed by atoms with Crippen molar-refractivity contribution >= 4 is 16.8 Å². The second kappa shape index (κ2) is 2.86. The zero-order valence-electron chi connectivity index (χ0n) is 8.29. The summed E-state index contributed by atoms with van der Waals surface area (Å²) in [6.07, 6.45) is 3.69. The first-order valence-electron chi connectivity index (χ1n) is 5.15. The molecule has 1 aliphatic rings. The third-order valence-corrected chi connectivity index (χ3v) is 3.24. The number of nitrogens with two attached hydrogens (primary N) is 1. The van der Waals surface area contributed by atoms with Crippen molar-refractivity contribution in [3.05, 3.63) is 35.5 Å². The molecule has 1 amide bonds. The lowest BCUT2D eigenvalue weighted by molar-refractivity contribution is -0.119. The molecule has 1 aliphatic carbocycles. The van der Waals surface area contributed by atoms with Crippen molar-refractivity contribution < 1.29 is 4.79 Å². The van der Waals surface area contributed by atoms with Crippen LogP contribution in [0.5, 0.6) is 0 Å². The van der Waals surface area contributed by atoms with E-state index in [-0.39, 0.29) is 11.8 Å². The van der Waals surface area contributed by atoms with Gasteiger partial charge in [0.25, 0.3) is 0 Å². The molecule has 0 saturated heterocycles. The summed E-state index contributed by atoms with van der Waals surface area (Å²) in [7, 11) is 0. The van der Waals surface area contributed by atoms with Gasteiger partial charge in [-0.3, -0.25) is 4.79 Å². The van der Waals surface area contributed by atoms with E-state index in [0.29, 0.717) is 0 Å². The Labute approximate surface area is 87.3 Å². The Bertz CT molecular complexity index is 542. The number of benzene rings is 1. The van der Waals surface area contributed by atoms with Crippen molar-refractivity contribution in [3.8, 4) is 0 Å². The molecule has 2 aromatic rings. The Morgan fingerprint density at radius 3 is 3.13 bits per heavy atom. The van der Waals surface area contributed by atoms with Gasteiger partial charge in [0, 0.05) is 17.1 Å². The number of aryl methyl sites for hydroxylation is 1. The Balaban J connectivity index is 2.31. The SMILES string of the molecule is NC(=O)[C@@H]1CCc2cccc3[nH]cc1c23. The highest BCUT2D eigenvalue weighted by molar-refractivity contribution is 5.94. The first kappa shape index (κ1) is 8.53. The number of aromatic nitrogens is 1. The van der Waals surface area contributed by atoms with Gasteiger partial charge in [0.05, 0.1) is 5.92 Å². The van der Waals surface area contributed by atoms with Gasteiger partial charge in [-0.15, -0.1) is 0 Å². The van der Waals surface area contributed by atoms with Crippen LogP contribution in [0.4, 0.5) is 0 Å². The van der Waals surface area contributed by atoms with Gasteiger partial charge < -0.3 is 10.7 Å². The first-order valence-corrected chi connectivity index (χ1v) is 5.15. The van der Waals surface area contributed by atoms with Gasteiger partial charge in [0.1, 0.15) is 0 Å². The lowest BCUT2D eigenvalue weighted by atomic mass is 9.84. The molecule has 0 radical (unpaired) electrons. The van der Waals surface area contributed by atoms with Crippen LogP contribution in [0.2, 0.25) is 0 Å². The Hall–Kier alpha value is -1.77. The number of carbonyl (C=O) groups is 1. The molecule has 0 unspecified atom stereocenters. The number of amides is 1. The van der Waals surface area contributed by atoms with E-state index in [0.717, 1.165) is 23.9 Å². The van der Waals surface area contributed by atoms with Crippen molar-refractivity contribution in [3.63, 3.8) is 0 Å². The molecular weight excluding hydrogens is 188 g/mol. The molecule has 0 saturated carbocycles. The monoisotopic (exact) mass is 200 g/mol. The van der Waals surface area contributed by atoms with Crippen LogP contribution >= 0.6 is 0 Å². The number of nitrogens with one attached hydrogen (secondary N) is 1. The minimum atomic E-state index is -0.217. The van der Waals surface area contributed by atoms with Crippen molar-refractivity contribution in [1.82, 2.24) is 4.98 Å². The van der Waals surface area contributed by atoms with Crippen molar-refractivity contribution in [2.75, 3.05) is 0 Å². The molecule has 1 aromatic heterocycles. The van der Waals surface area contributed by atoms with Gasteiger partial charge in [-0.05, 0) is 30.0 Å². The molecule has 76 valence electrons. The first-order chi connectivity index (χ1) is 7.27. The summed E-state index contributed by atoms with van der Waals surface area (Å²) in [6, 6.07) is 6.20. The second-order valence-electron chi connectivity index (χ2n) is 4.08. The lowest BCUT2D eigenvalue weighted by Crippen LogP contribution is -2.23. The predicted molar refractivity (Wildman–Crippen MR) is 58.6 cm³/mol. The molecule has 3 nitrogen and oxygen atoms in total. The molecule has 1 heterocycles. The standard InChI is InChI=1S/C12H12N2O/c13-12(15)8-5-4-7-2-1-3-10-11(7)9(8)6-14-10/h1-3,6,8,14H,4-5H2,(H2,13,15)/t8-/m1/s1. The number of H-pyrrole nitrogens is 1. The van der Waals surface area contributed by atoms with Crippen LogP contribution in [0.3, 0.4) is 0 Å². The average Bonchev–Trinajstić information content (AvgIpc) is 2.65. The average molecular weight is 200 g/mol. The molecule has 1 aromatic carbocycles.